The molecular weight excluding hydrogens is 236 g/mol. The molecule has 1 aliphatic heterocycles. The summed E-state index contributed by atoms with van der Waals surface area (Å²) in [4.78, 5) is 4.77. The van der Waals surface area contributed by atoms with Crippen LogP contribution in [0.25, 0.3) is 0 Å². The summed E-state index contributed by atoms with van der Waals surface area (Å²) in [5, 5.41) is 0. The standard InChI is InChI=1S/C16H26N2O/c1-12(2)18-11-13(8-9-17(3)4)15-10-14(19-5)6-7-16(15)18/h6-7,10,12-13H,8-9,11H2,1-5H3. The summed E-state index contributed by atoms with van der Waals surface area (Å²) in [5.74, 6) is 1.59. The van der Waals surface area contributed by atoms with E-state index in [1.165, 1.54) is 17.7 Å². The van der Waals surface area contributed by atoms with Crippen LogP contribution in [0.1, 0.15) is 31.7 Å². The maximum Gasteiger partial charge on any atom is 0.119 e. The van der Waals surface area contributed by atoms with Gasteiger partial charge in [0.2, 0.25) is 0 Å². The van der Waals surface area contributed by atoms with E-state index < -0.39 is 0 Å². The van der Waals surface area contributed by atoms with Gasteiger partial charge in [-0.3, -0.25) is 0 Å². The number of nitrogens with zero attached hydrogens (tertiary/aromatic N) is 2. The van der Waals surface area contributed by atoms with Gasteiger partial charge >= 0.3 is 0 Å². The zero-order valence-corrected chi connectivity index (χ0v) is 12.8. The first-order chi connectivity index (χ1) is 9.02. The molecule has 0 aliphatic carbocycles. The lowest BCUT2D eigenvalue weighted by atomic mass is 9.97. The molecule has 1 heterocycles. The number of anilines is 1. The van der Waals surface area contributed by atoms with Gasteiger partial charge in [-0.1, -0.05) is 0 Å². The summed E-state index contributed by atoms with van der Waals surface area (Å²) in [5.41, 5.74) is 2.84. The number of hydrogen-bond donors (Lipinski definition) is 0. The third-order valence-electron chi connectivity index (χ3n) is 3.95. The molecule has 3 nitrogen and oxygen atoms in total. The van der Waals surface area contributed by atoms with Crippen LogP contribution in [0.15, 0.2) is 18.2 Å². The van der Waals surface area contributed by atoms with Crippen molar-refractivity contribution in [3.8, 4) is 5.75 Å². The maximum atomic E-state index is 5.38. The van der Waals surface area contributed by atoms with E-state index in [-0.39, 0.29) is 0 Å². The van der Waals surface area contributed by atoms with Crippen LogP contribution in [0.2, 0.25) is 0 Å². The number of rotatable bonds is 5. The number of benzene rings is 1. The molecule has 0 saturated heterocycles. The van der Waals surface area contributed by atoms with Gasteiger partial charge in [-0.25, -0.2) is 0 Å². The van der Waals surface area contributed by atoms with Crippen LogP contribution in [0.5, 0.6) is 5.75 Å². The van der Waals surface area contributed by atoms with Gasteiger partial charge in [-0.05, 0) is 64.7 Å². The number of hydrogen-bond acceptors (Lipinski definition) is 3. The van der Waals surface area contributed by atoms with E-state index in [1.54, 1.807) is 7.11 Å². The van der Waals surface area contributed by atoms with Crippen LogP contribution in [0.3, 0.4) is 0 Å². The van der Waals surface area contributed by atoms with Gasteiger partial charge in [0.25, 0.3) is 0 Å². The minimum absolute atomic E-state index is 0.552. The van der Waals surface area contributed by atoms with Gasteiger partial charge in [0.05, 0.1) is 7.11 Å². The Morgan fingerprint density at radius 3 is 2.68 bits per heavy atom. The molecule has 0 amide bonds. The van der Waals surface area contributed by atoms with E-state index in [0.29, 0.717) is 12.0 Å². The Kier molecular flexibility index (Phi) is 4.35. The molecule has 19 heavy (non-hydrogen) atoms. The highest BCUT2D eigenvalue weighted by molar-refractivity contribution is 5.62. The summed E-state index contributed by atoms with van der Waals surface area (Å²) in [6.07, 6.45) is 1.20. The molecule has 2 rings (SSSR count). The Bertz CT molecular complexity index is 429. The third kappa shape index (κ3) is 3.03. The summed E-state index contributed by atoms with van der Waals surface area (Å²) in [6.45, 7) is 6.80. The highest BCUT2D eigenvalue weighted by Crippen LogP contribution is 2.41. The lowest BCUT2D eigenvalue weighted by Gasteiger charge is -2.24. The van der Waals surface area contributed by atoms with Gasteiger partial charge in [0.1, 0.15) is 5.75 Å². The average Bonchev–Trinajstić information content (AvgIpc) is 2.74. The zero-order chi connectivity index (χ0) is 14.0. The minimum atomic E-state index is 0.552. The molecular formula is C16H26N2O. The fourth-order valence-corrected chi connectivity index (χ4v) is 2.83. The molecule has 0 spiro atoms. The molecule has 0 fully saturated rings. The van der Waals surface area contributed by atoms with Gasteiger partial charge in [0, 0.05) is 24.2 Å². The first-order valence-electron chi connectivity index (χ1n) is 7.12. The molecule has 1 atom stereocenters. The van der Waals surface area contributed by atoms with Crippen molar-refractivity contribution in [1.82, 2.24) is 4.90 Å². The van der Waals surface area contributed by atoms with Gasteiger partial charge in [-0.15, -0.1) is 0 Å². The van der Waals surface area contributed by atoms with Gasteiger partial charge < -0.3 is 14.5 Å². The SMILES string of the molecule is COc1ccc2c(c1)C(CCN(C)C)CN2C(C)C. The number of fused-ring (bicyclic) bond motifs is 1. The van der Waals surface area contributed by atoms with E-state index in [1.807, 2.05) is 0 Å². The molecule has 0 N–H and O–H groups in total. The topological polar surface area (TPSA) is 15.7 Å². The summed E-state index contributed by atoms with van der Waals surface area (Å²) in [7, 11) is 6.02. The third-order valence-corrected chi connectivity index (χ3v) is 3.95. The lowest BCUT2D eigenvalue weighted by Crippen LogP contribution is -2.30. The van der Waals surface area contributed by atoms with Crippen LogP contribution in [-0.2, 0) is 0 Å². The second-order valence-corrected chi connectivity index (χ2v) is 5.96. The zero-order valence-electron chi connectivity index (χ0n) is 12.8. The van der Waals surface area contributed by atoms with Crippen LogP contribution < -0.4 is 9.64 Å². The Hall–Kier alpha value is -1.22. The van der Waals surface area contributed by atoms with E-state index in [9.17, 15) is 0 Å². The summed E-state index contributed by atoms with van der Waals surface area (Å²) < 4.78 is 5.38. The van der Waals surface area contributed by atoms with Crippen LogP contribution >= 0.6 is 0 Å². The molecule has 0 aromatic heterocycles. The van der Waals surface area contributed by atoms with Gasteiger partial charge in [0.15, 0.2) is 0 Å². The van der Waals surface area contributed by atoms with E-state index in [2.05, 4.69) is 55.9 Å². The van der Waals surface area contributed by atoms with Crippen molar-refractivity contribution < 1.29 is 4.74 Å². The molecule has 1 unspecified atom stereocenters. The predicted octanol–water partition coefficient (Wildman–Crippen LogP) is 2.96. The van der Waals surface area contributed by atoms with Crippen molar-refractivity contribution in [2.45, 2.75) is 32.2 Å². The molecule has 1 aromatic carbocycles. The predicted molar refractivity (Wildman–Crippen MR) is 81.4 cm³/mol. The lowest BCUT2D eigenvalue weighted by molar-refractivity contribution is 0.382. The molecule has 3 heteroatoms. The number of methoxy groups -OCH3 is 1. The maximum absolute atomic E-state index is 5.38. The summed E-state index contributed by atoms with van der Waals surface area (Å²) in [6, 6.07) is 7.06. The van der Waals surface area contributed by atoms with Crippen molar-refractivity contribution in [2.75, 3.05) is 39.2 Å². The second kappa shape index (κ2) is 5.83. The van der Waals surface area contributed by atoms with E-state index >= 15 is 0 Å². The Morgan fingerprint density at radius 2 is 2.11 bits per heavy atom. The molecule has 0 bridgehead atoms. The first-order valence-corrected chi connectivity index (χ1v) is 7.12. The minimum Gasteiger partial charge on any atom is -0.497 e. The Morgan fingerprint density at radius 1 is 1.37 bits per heavy atom. The van der Waals surface area contributed by atoms with Crippen molar-refractivity contribution in [3.05, 3.63) is 23.8 Å². The van der Waals surface area contributed by atoms with Gasteiger partial charge in [-0.2, -0.15) is 0 Å². The smallest absolute Gasteiger partial charge is 0.119 e. The van der Waals surface area contributed by atoms with Crippen LogP contribution in [0, 0.1) is 0 Å². The fraction of sp³-hybridized carbons (Fsp3) is 0.625. The van der Waals surface area contributed by atoms with E-state index in [4.69, 9.17) is 4.74 Å². The monoisotopic (exact) mass is 262 g/mol. The molecule has 1 aliphatic rings. The van der Waals surface area contributed by atoms with Crippen molar-refractivity contribution in [2.24, 2.45) is 0 Å². The Balaban J connectivity index is 2.25. The highest BCUT2D eigenvalue weighted by atomic mass is 16.5. The van der Waals surface area contributed by atoms with Crippen molar-refractivity contribution >= 4 is 5.69 Å². The molecule has 1 aromatic rings. The first kappa shape index (κ1) is 14.2. The van der Waals surface area contributed by atoms with Crippen LogP contribution in [0.4, 0.5) is 5.69 Å². The largest absolute Gasteiger partial charge is 0.497 e. The van der Waals surface area contributed by atoms with Crippen molar-refractivity contribution in [1.29, 1.82) is 0 Å². The van der Waals surface area contributed by atoms with E-state index in [0.717, 1.165) is 18.8 Å². The highest BCUT2D eigenvalue weighted by Gasteiger charge is 2.30. The number of ether oxygens (including phenoxy) is 1. The second-order valence-electron chi connectivity index (χ2n) is 5.96. The summed E-state index contributed by atoms with van der Waals surface area (Å²) >= 11 is 0. The molecule has 106 valence electrons. The Labute approximate surface area is 117 Å². The normalized spacial score (nSPS) is 18.3. The van der Waals surface area contributed by atoms with Crippen LogP contribution in [-0.4, -0.2) is 45.2 Å². The molecule has 0 radical (unpaired) electrons. The average molecular weight is 262 g/mol. The fourth-order valence-electron chi connectivity index (χ4n) is 2.83. The quantitative estimate of drug-likeness (QED) is 0.811. The van der Waals surface area contributed by atoms with Crippen molar-refractivity contribution in [3.63, 3.8) is 0 Å². The molecule has 0 saturated carbocycles.